The van der Waals surface area contributed by atoms with Gasteiger partial charge in [-0.15, -0.1) is 11.7 Å². The fraction of sp³-hybridized carbons (Fsp3) is 0.375. The second-order valence-corrected chi connectivity index (χ2v) is 2.64. The summed E-state index contributed by atoms with van der Waals surface area (Å²) in [4.78, 5) is 11.1. The lowest BCUT2D eigenvalue weighted by molar-refractivity contribution is -0.119. The summed E-state index contributed by atoms with van der Waals surface area (Å²) in [5.41, 5.74) is 6.02. The molecule has 0 fully saturated rings. The number of hydrogen-bond donors (Lipinski definition) is 1. The van der Waals surface area contributed by atoms with Crippen LogP contribution in [0.3, 0.4) is 0 Å². The maximum Gasteiger partial charge on any atom is 0.158 e. The third kappa shape index (κ3) is 2.79. The average Bonchev–Trinajstić information content (AvgIpc) is 2.52. The van der Waals surface area contributed by atoms with Gasteiger partial charge in [-0.1, -0.05) is 11.3 Å². The summed E-state index contributed by atoms with van der Waals surface area (Å²) >= 11 is 0. The Morgan fingerprint density at radius 1 is 1.77 bits per heavy atom. The molecule has 0 aliphatic carbocycles. The van der Waals surface area contributed by atoms with Crippen molar-refractivity contribution in [3.8, 4) is 0 Å². The monoisotopic (exact) mass is 180 g/mol. The maximum absolute atomic E-state index is 11.1. The van der Waals surface area contributed by atoms with E-state index in [1.54, 1.807) is 12.3 Å². The van der Waals surface area contributed by atoms with Gasteiger partial charge in [-0.25, -0.2) is 4.68 Å². The molecule has 0 atom stereocenters. The largest absolute Gasteiger partial charge is 0.325 e. The van der Waals surface area contributed by atoms with Crippen LogP contribution in [0.2, 0.25) is 0 Å². The minimum absolute atomic E-state index is 0.0588. The Hall–Kier alpha value is -1.49. The van der Waals surface area contributed by atoms with Crippen molar-refractivity contribution in [1.29, 1.82) is 0 Å². The van der Waals surface area contributed by atoms with Crippen LogP contribution in [-0.4, -0.2) is 20.8 Å². The zero-order valence-corrected chi connectivity index (χ0v) is 7.31. The van der Waals surface area contributed by atoms with E-state index in [1.165, 1.54) is 4.68 Å². The van der Waals surface area contributed by atoms with E-state index in [2.05, 4.69) is 16.9 Å². The summed E-state index contributed by atoms with van der Waals surface area (Å²) in [6.07, 6.45) is 3.60. The Bertz CT molecular complexity index is 305. The molecule has 1 rings (SSSR count). The molecule has 1 heterocycles. The molecule has 0 saturated carbocycles. The Morgan fingerprint density at radius 3 is 3.08 bits per heavy atom. The first-order valence-electron chi connectivity index (χ1n) is 3.98. The second-order valence-electron chi connectivity index (χ2n) is 2.64. The zero-order chi connectivity index (χ0) is 9.68. The van der Waals surface area contributed by atoms with Gasteiger partial charge in [-0.05, 0) is 0 Å². The Morgan fingerprint density at radius 2 is 2.54 bits per heavy atom. The highest BCUT2D eigenvalue weighted by Crippen LogP contribution is 1.93. The van der Waals surface area contributed by atoms with Crippen molar-refractivity contribution in [2.45, 2.75) is 19.5 Å². The predicted molar refractivity (Wildman–Crippen MR) is 47.7 cm³/mol. The van der Waals surface area contributed by atoms with E-state index in [4.69, 9.17) is 5.73 Å². The van der Waals surface area contributed by atoms with Gasteiger partial charge >= 0.3 is 0 Å². The number of Topliss-reactive ketones (excluding diaryl/α,β-unsaturated/α-hetero) is 1. The predicted octanol–water partition coefficient (Wildman–Crippen LogP) is -0.118. The molecule has 0 amide bonds. The van der Waals surface area contributed by atoms with E-state index in [0.717, 1.165) is 0 Å². The van der Waals surface area contributed by atoms with Gasteiger partial charge in [0.1, 0.15) is 6.54 Å². The number of rotatable bonds is 5. The van der Waals surface area contributed by atoms with E-state index >= 15 is 0 Å². The first kappa shape index (κ1) is 9.60. The lowest BCUT2D eigenvalue weighted by Gasteiger charge is -1.95. The smallest absolute Gasteiger partial charge is 0.158 e. The molecule has 1 aromatic heterocycles. The summed E-state index contributed by atoms with van der Waals surface area (Å²) < 4.78 is 1.48. The molecule has 5 heteroatoms. The molecule has 0 radical (unpaired) electrons. The van der Waals surface area contributed by atoms with Crippen molar-refractivity contribution < 1.29 is 4.79 Å². The van der Waals surface area contributed by atoms with Crippen LogP contribution < -0.4 is 5.73 Å². The van der Waals surface area contributed by atoms with Gasteiger partial charge in [0.25, 0.3) is 0 Å². The zero-order valence-electron chi connectivity index (χ0n) is 7.31. The van der Waals surface area contributed by atoms with Crippen LogP contribution in [0.25, 0.3) is 0 Å². The highest BCUT2D eigenvalue weighted by atomic mass is 16.1. The highest BCUT2D eigenvalue weighted by molar-refractivity contribution is 5.79. The molecule has 2 N–H and O–H groups in total. The molecule has 0 aliphatic rings. The summed E-state index contributed by atoms with van der Waals surface area (Å²) in [5.74, 6) is 0.0588. The number of nitrogens with two attached hydrogens (primary N) is 1. The molecule has 1 aromatic rings. The molecular weight excluding hydrogens is 168 g/mol. The molecule has 0 unspecified atom stereocenters. The van der Waals surface area contributed by atoms with Crippen molar-refractivity contribution in [2.75, 3.05) is 0 Å². The van der Waals surface area contributed by atoms with Gasteiger partial charge < -0.3 is 5.73 Å². The third-order valence-electron chi connectivity index (χ3n) is 1.51. The Balaban J connectivity index is 2.53. The van der Waals surface area contributed by atoms with Crippen LogP contribution in [0.5, 0.6) is 0 Å². The standard InChI is InChI=1S/C8H12N4O/c1-2-3-8(13)6-12-5-7(4-9)10-11-12/h2,5H,1,3-4,6,9H2. The van der Waals surface area contributed by atoms with E-state index in [9.17, 15) is 4.79 Å². The minimum Gasteiger partial charge on any atom is -0.325 e. The first-order valence-corrected chi connectivity index (χ1v) is 3.98. The van der Waals surface area contributed by atoms with Gasteiger partial charge in [0.2, 0.25) is 0 Å². The van der Waals surface area contributed by atoms with E-state index in [1.807, 2.05) is 0 Å². The van der Waals surface area contributed by atoms with Crippen LogP contribution in [0, 0.1) is 0 Å². The second kappa shape index (κ2) is 4.51. The summed E-state index contributed by atoms with van der Waals surface area (Å²) in [6.45, 7) is 4.06. The number of hydrogen-bond acceptors (Lipinski definition) is 4. The first-order chi connectivity index (χ1) is 6.26. The fourth-order valence-corrected chi connectivity index (χ4v) is 0.916. The van der Waals surface area contributed by atoms with Crippen molar-refractivity contribution in [3.63, 3.8) is 0 Å². The van der Waals surface area contributed by atoms with Crippen molar-refractivity contribution in [1.82, 2.24) is 15.0 Å². The van der Waals surface area contributed by atoms with E-state index in [0.29, 0.717) is 18.7 Å². The van der Waals surface area contributed by atoms with Gasteiger partial charge in [0.05, 0.1) is 11.9 Å². The molecule has 0 bridgehead atoms. The van der Waals surface area contributed by atoms with Crippen LogP contribution >= 0.6 is 0 Å². The lowest BCUT2D eigenvalue weighted by Crippen LogP contribution is -2.09. The van der Waals surface area contributed by atoms with Gasteiger partial charge in [-0.2, -0.15) is 0 Å². The number of allylic oxidation sites excluding steroid dienone is 1. The molecule has 0 saturated heterocycles. The van der Waals surface area contributed by atoms with Crippen LogP contribution in [-0.2, 0) is 17.9 Å². The summed E-state index contributed by atoms with van der Waals surface area (Å²) in [6, 6.07) is 0. The number of aromatic nitrogens is 3. The van der Waals surface area contributed by atoms with Crippen molar-refractivity contribution in [3.05, 3.63) is 24.5 Å². The Kier molecular flexibility index (Phi) is 3.33. The number of ketones is 1. The molecule has 13 heavy (non-hydrogen) atoms. The molecule has 5 nitrogen and oxygen atoms in total. The number of carbonyl (C=O) groups excluding carboxylic acids is 1. The van der Waals surface area contributed by atoms with E-state index < -0.39 is 0 Å². The normalized spacial score (nSPS) is 9.92. The minimum atomic E-state index is 0.0588. The topological polar surface area (TPSA) is 73.8 Å². The van der Waals surface area contributed by atoms with Crippen molar-refractivity contribution >= 4 is 5.78 Å². The molecule has 0 aliphatic heterocycles. The number of nitrogens with zero attached hydrogens (tertiary/aromatic N) is 3. The maximum atomic E-state index is 11.1. The summed E-state index contributed by atoms with van der Waals surface area (Å²) in [5, 5.41) is 7.50. The van der Waals surface area contributed by atoms with Gasteiger partial charge in [0.15, 0.2) is 5.78 Å². The average molecular weight is 180 g/mol. The Labute approximate surface area is 76.2 Å². The van der Waals surface area contributed by atoms with Gasteiger partial charge in [-0.3, -0.25) is 4.79 Å². The lowest BCUT2D eigenvalue weighted by atomic mass is 10.3. The quantitative estimate of drug-likeness (QED) is 0.641. The van der Waals surface area contributed by atoms with Gasteiger partial charge in [0, 0.05) is 13.0 Å². The molecule has 0 spiro atoms. The SMILES string of the molecule is C=CCC(=O)Cn1cc(CN)nn1. The van der Waals surface area contributed by atoms with E-state index in [-0.39, 0.29) is 12.3 Å². The van der Waals surface area contributed by atoms with Crippen LogP contribution in [0.15, 0.2) is 18.9 Å². The van der Waals surface area contributed by atoms with Crippen LogP contribution in [0.4, 0.5) is 0 Å². The van der Waals surface area contributed by atoms with Crippen molar-refractivity contribution in [2.24, 2.45) is 5.73 Å². The number of carbonyl (C=O) groups is 1. The van der Waals surface area contributed by atoms with Crippen LogP contribution in [0.1, 0.15) is 12.1 Å². The molecular formula is C8H12N4O. The third-order valence-corrected chi connectivity index (χ3v) is 1.51. The highest BCUT2D eigenvalue weighted by Gasteiger charge is 2.03. The molecule has 0 aromatic carbocycles. The molecule has 70 valence electrons. The summed E-state index contributed by atoms with van der Waals surface area (Å²) in [7, 11) is 0. The fourth-order valence-electron chi connectivity index (χ4n) is 0.916.